The average molecular weight is 435 g/mol. The lowest BCUT2D eigenvalue weighted by molar-refractivity contribution is 0.354. The van der Waals surface area contributed by atoms with Gasteiger partial charge >= 0.3 is 0 Å². The molecule has 1 aromatic heterocycles. The smallest absolute Gasteiger partial charge is 0.190 e. The number of hydrogen-bond acceptors (Lipinski definition) is 4. The molecule has 0 unspecified atom stereocenters. The van der Waals surface area contributed by atoms with Gasteiger partial charge < -0.3 is 14.0 Å². The molecule has 158 valence electrons. The summed E-state index contributed by atoms with van der Waals surface area (Å²) in [6.07, 6.45) is 0.785. The van der Waals surface area contributed by atoms with Crippen LogP contribution in [-0.4, -0.2) is 18.8 Å². The fourth-order valence-corrected chi connectivity index (χ4v) is 4.33. The van der Waals surface area contributed by atoms with Crippen LogP contribution in [0.4, 0.5) is 10.1 Å². The molecule has 0 amide bonds. The molecule has 0 bridgehead atoms. The number of aryl methyl sites for hydroxylation is 1. The largest absolute Gasteiger partial charge is 0.493 e. The Hall–Kier alpha value is -3.38. The molecule has 6 heteroatoms. The van der Waals surface area contributed by atoms with Crippen LogP contribution in [0.2, 0.25) is 0 Å². The maximum atomic E-state index is 13.5. The first kappa shape index (κ1) is 20.9. The van der Waals surface area contributed by atoms with E-state index < -0.39 is 0 Å². The molecule has 0 aliphatic rings. The van der Waals surface area contributed by atoms with Crippen molar-refractivity contribution in [3.8, 4) is 22.8 Å². The molecule has 0 N–H and O–H groups in total. The highest BCUT2D eigenvalue weighted by atomic mass is 32.1. The lowest BCUT2D eigenvalue weighted by Gasteiger charge is -2.12. The maximum absolute atomic E-state index is 13.5. The van der Waals surface area contributed by atoms with Gasteiger partial charge in [0.15, 0.2) is 16.3 Å². The molecule has 1 heterocycles. The van der Waals surface area contributed by atoms with E-state index in [1.807, 2.05) is 48.5 Å². The molecule has 0 saturated heterocycles. The molecule has 0 spiro atoms. The van der Waals surface area contributed by atoms with Crippen molar-refractivity contribution in [3.05, 3.63) is 94.4 Å². The number of rotatable bonds is 7. The van der Waals surface area contributed by atoms with Gasteiger partial charge in [-0.2, -0.15) is 0 Å². The number of halogens is 1. The molecule has 0 aliphatic carbocycles. The zero-order valence-corrected chi connectivity index (χ0v) is 18.2. The van der Waals surface area contributed by atoms with E-state index in [1.165, 1.54) is 12.1 Å². The highest BCUT2D eigenvalue weighted by Gasteiger charge is 2.10. The first-order chi connectivity index (χ1) is 15.2. The minimum absolute atomic E-state index is 0.245. The van der Waals surface area contributed by atoms with E-state index in [2.05, 4.69) is 9.95 Å². The Morgan fingerprint density at radius 3 is 2.35 bits per heavy atom. The van der Waals surface area contributed by atoms with E-state index in [1.54, 1.807) is 37.7 Å². The number of thiazole rings is 1. The van der Waals surface area contributed by atoms with Gasteiger partial charge in [-0.3, -0.25) is 0 Å². The lowest BCUT2D eigenvalue weighted by atomic mass is 10.1. The molecule has 0 fully saturated rings. The van der Waals surface area contributed by atoms with Crippen molar-refractivity contribution >= 4 is 17.0 Å². The second-order valence-corrected chi connectivity index (χ2v) is 7.79. The molecule has 31 heavy (non-hydrogen) atoms. The van der Waals surface area contributed by atoms with Gasteiger partial charge in [0.25, 0.3) is 0 Å². The number of hydrogen-bond donors (Lipinski definition) is 0. The predicted octanol–water partition coefficient (Wildman–Crippen LogP) is 5.85. The summed E-state index contributed by atoms with van der Waals surface area (Å²) in [6, 6.07) is 22.4. The van der Waals surface area contributed by atoms with Crippen LogP contribution in [0.15, 0.2) is 83.2 Å². The molecule has 0 atom stereocenters. The molecule has 0 aliphatic heterocycles. The first-order valence-corrected chi connectivity index (χ1v) is 10.8. The van der Waals surface area contributed by atoms with Crippen molar-refractivity contribution in [2.45, 2.75) is 13.0 Å². The van der Waals surface area contributed by atoms with Crippen LogP contribution in [0, 0.1) is 5.82 Å². The fourth-order valence-electron chi connectivity index (χ4n) is 3.38. The summed E-state index contributed by atoms with van der Waals surface area (Å²) in [5, 5.41) is 2.07. The highest BCUT2D eigenvalue weighted by Crippen LogP contribution is 2.28. The van der Waals surface area contributed by atoms with Crippen molar-refractivity contribution in [2.24, 2.45) is 4.99 Å². The Bertz CT molecular complexity index is 1210. The summed E-state index contributed by atoms with van der Waals surface area (Å²) < 4.78 is 26.4. The second-order valence-electron chi connectivity index (χ2n) is 6.95. The Morgan fingerprint density at radius 1 is 0.903 bits per heavy atom. The topological polar surface area (TPSA) is 35.8 Å². The van der Waals surface area contributed by atoms with Crippen LogP contribution in [0.5, 0.6) is 11.5 Å². The molecule has 4 nitrogen and oxygen atoms in total. The maximum Gasteiger partial charge on any atom is 0.190 e. The van der Waals surface area contributed by atoms with Gasteiger partial charge in [0, 0.05) is 11.9 Å². The zero-order chi connectivity index (χ0) is 21.6. The minimum atomic E-state index is -0.245. The van der Waals surface area contributed by atoms with Gasteiger partial charge in [-0.25, -0.2) is 9.38 Å². The summed E-state index contributed by atoms with van der Waals surface area (Å²) in [6.45, 7) is 0.720. The number of para-hydroxylation sites is 1. The molecule has 3 aromatic carbocycles. The van der Waals surface area contributed by atoms with Gasteiger partial charge in [0.05, 0.1) is 25.6 Å². The third-order valence-electron chi connectivity index (χ3n) is 4.99. The van der Waals surface area contributed by atoms with E-state index in [0.29, 0.717) is 11.5 Å². The molecule has 0 saturated carbocycles. The summed E-state index contributed by atoms with van der Waals surface area (Å²) in [5.41, 5.74) is 4.00. The molecular formula is C25H23FN2O2S. The number of benzene rings is 3. The number of methoxy groups -OCH3 is 2. The molecule has 4 aromatic rings. The van der Waals surface area contributed by atoms with Gasteiger partial charge in [0.1, 0.15) is 5.82 Å². The quantitative estimate of drug-likeness (QED) is 0.366. The third kappa shape index (κ3) is 4.86. The van der Waals surface area contributed by atoms with Crippen molar-refractivity contribution in [3.63, 3.8) is 0 Å². The van der Waals surface area contributed by atoms with Gasteiger partial charge in [0.2, 0.25) is 0 Å². The van der Waals surface area contributed by atoms with Crippen LogP contribution in [0.25, 0.3) is 11.3 Å². The number of ether oxygens (including phenoxy) is 2. The summed E-state index contributed by atoms with van der Waals surface area (Å²) in [4.78, 5) is 5.74. The van der Waals surface area contributed by atoms with E-state index in [0.717, 1.165) is 40.3 Å². The Morgan fingerprint density at radius 2 is 1.65 bits per heavy atom. The van der Waals surface area contributed by atoms with Crippen LogP contribution in [0.1, 0.15) is 5.56 Å². The van der Waals surface area contributed by atoms with Gasteiger partial charge in [-0.05, 0) is 66.1 Å². The Kier molecular flexibility index (Phi) is 6.48. The molecular weight excluding hydrogens is 411 g/mol. The van der Waals surface area contributed by atoms with Crippen molar-refractivity contribution in [1.82, 2.24) is 4.57 Å². The van der Waals surface area contributed by atoms with Crippen molar-refractivity contribution < 1.29 is 13.9 Å². The van der Waals surface area contributed by atoms with Crippen LogP contribution in [0.3, 0.4) is 0 Å². The lowest BCUT2D eigenvalue weighted by Crippen LogP contribution is -2.17. The van der Waals surface area contributed by atoms with E-state index >= 15 is 0 Å². The summed E-state index contributed by atoms with van der Waals surface area (Å²) >= 11 is 1.58. The standard InChI is InChI=1S/C25H23FN2O2S/c1-29-23-13-8-18(16-24(23)30-2)14-15-28-22(19-9-11-20(26)12-10-19)17-31-25(28)27-21-6-4-3-5-7-21/h3-13,16-17H,14-15H2,1-2H3. The number of aromatic nitrogens is 1. The zero-order valence-electron chi connectivity index (χ0n) is 17.4. The highest BCUT2D eigenvalue weighted by molar-refractivity contribution is 7.07. The monoisotopic (exact) mass is 434 g/mol. The van der Waals surface area contributed by atoms with E-state index in [4.69, 9.17) is 14.5 Å². The fraction of sp³-hybridized carbons (Fsp3) is 0.160. The SMILES string of the molecule is COc1ccc(CCn2c(-c3ccc(F)cc3)csc2=Nc2ccccc2)cc1OC. The van der Waals surface area contributed by atoms with Crippen LogP contribution >= 0.6 is 11.3 Å². The van der Waals surface area contributed by atoms with Crippen LogP contribution in [-0.2, 0) is 13.0 Å². The predicted molar refractivity (Wildman–Crippen MR) is 123 cm³/mol. The van der Waals surface area contributed by atoms with Crippen LogP contribution < -0.4 is 14.3 Å². The summed E-state index contributed by atoms with van der Waals surface area (Å²) in [7, 11) is 3.27. The summed E-state index contributed by atoms with van der Waals surface area (Å²) in [5.74, 6) is 1.18. The minimum Gasteiger partial charge on any atom is -0.493 e. The first-order valence-electron chi connectivity index (χ1n) is 9.93. The normalized spacial score (nSPS) is 11.5. The van der Waals surface area contributed by atoms with E-state index in [-0.39, 0.29) is 5.82 Å². The molecule has 4 rings (SSSR count). The van der Waals surface area contributed by atoms with Gasteiger partial charge in [-0.1, -0.05) is 24.3 Å². The van der Waals surface area contributed by atoms with Crippen molar-refractivity contribution in [1.29, 1.82) is 0 Å². The third-order valence-corrected chi connectivity index (χ3v) is 5.85. The second kappa shape index (κ2) is 9.62. The number of nitrogens with zero attached hydrogens (tertiary/aromatic N) is 2. The average Bonchev–Trinajstić information content (AvgIpc) is 3.20. The van der Waals surface area contributed by atoms with E-state index in [9.17, 15) is 4.39 Å². The molecule has 0 radical (unpaired) electrons. The Labute approximate surface area is 184 Å². The van der Waals surface area contributed by atoms with Gasteiger partial charge in [-0.15, -0.1) is 11.3 Å². The Balaban J connectivity index is 1.71. The van der Waals surface area contributed by atoms with Crippen molar-refractivity contribution in [2.75, 3.05) is 14.2 Å².